The summed E-state index contributed by atoms with van der Waals surface area (Å²) in [6.07, 6.45) is 0.257. The van der Waals surface area contributed by atoms with E-state index in [0.29, 0.717) is 15.1 Å². The van der Waals surface area contributed by atoms with Crippen molar-refractivity contribution in [2.75, 3.05) is 0 Å². The number of carboxylic acid groups (broad SMARTS) is 1. The molecule has 9 heteroatoms. The molecule has 0 fully saturated rings. The average molecular weight is 673 g/mol. The molecule has 24 heavy (non-hydrogen) atoms. The molecule has 0 bridgehead atoms. The van der Waals surface area contributed by atoms with Crippen LogP contribution in [0.2, 0.25) is 0 Å². The molecule has 2 aromatic rings. The average Bonchev–Trinajstić information content (AvgIpc) is 2.47. The van der Waals surface area contributed by atoms with Crippen LogP contribution in [-0.4, -0.2) is 17.1 Å². The summed E-state index contributed by atoms with van der Waals surface area (Å²) in [4.78, 5) is 10.9. The molecule has 0 saturated heterocycles. The van der Waals surface area contributed by atoms with Gasteiger partial charge in [-0.05, 0) is 104 Å². The summed E-state index contributed by atoms with van der Waals surface area (Å²) >= 11 is 6.23. The van der Waals surface area contributed by atoms with E-state index in [-0.39, 0.29) is 41.7 Å². The molecule has 2 aromatic carbocycles. The Morgan fingerprint density at radius 1 is 1.17 bits per heavy atom. The number of hydrogen-bond donors (Lipinski definition) is 2. The first-order valence-corrected chi connectivity index (χ1v) is 9.62. The predicted molar refractivity (Wildman–Crippen MR) is 110 cm³/mol. The van der Waals surface area contributed by atoms with Crippen molar-refractivity contribution in [3.05, 3.63) is 46.6 Å². The molecule has 0 amide bonds. The zero-order valence-corrected chi connectivity index (χ0v) is 21.0. The number of aliphatic carboxylic acids is 1. The number of carbonyl (C=O) groups is 1. The summed E-state index contributed by atoms with van der Waals surface area (Å²) in [5.41, 5.74) is 6.46. The van der Waals surface area contributed by atoms with E-state index < -0.39 is 12.0 Å². The van der Waals surface area contributed by atoms with Crippen LogP contribution in [0, 0.1) is 10.7 Å². The summed E-state index contributed by atoms with van der Waals surface area (Å²) in [6, 6.07) is 7.55. The molecule has 2 rings (SSSR count). The quantitative estimate of drug-likeness (QED) is 0.353. The van der Waals surface area contributed by atoms with E-state index >= 15 is 0 Å². The van der Waals surface area contributed by atoms with Crippen molar-refractivity contribution >= 4 is 73.7 Å². The van der Waals surface area contributed by atoms with Crippen LogP contribution in [0.25, 0.3) is 0 Å². The maximum absolute atomic E-state index is 11.4. The molecule has 0 spiro atoms. The van der Waals surface area contributed by atoms with Crippen LogP contribution < -0.4 is 45.1 Å². The molecule has 0 unspecified atom stereocenters. The van der Waals surface area contributed by atoms with Crippen LogP contribution in [0.4, 0.5) is 0 Å². The van der Waals surface area contributed by atoms with Gasteiger partial charge >= 0.3 is 35.5 Å². The van der Waals surface area contributed by atoms with E-state index in [0.717, 1.165) is 12.7 Å². The first-order chi connectivity index (χ1) is 10.8. The third-order valence-corrected chi connectivity index (χ3v) is 5.68. The molecule has 0 heterocycles. The monoisotopic (exact) mass is 673 g/mol. The third-order valence-electron chi connectivity index (χ3n) is 2.99. The summed E-state index contributed by atoms with van der Waals surface area (Å²) in [7, 11) is 0. The summed E-state index contributed by atoms with van der Waals surface area (Å²) < 4.78 is 8.14. The molecule has 5 nitrogen and oxygen atoms in total. The Balaban J connectivity index is 0.00000288. The normalized spacial score (nSPS) is 11.5. The Bertz CT molecular complexity index is 758. The van der Waals surface area contributed by atoms with Crippen LogP contribution >= 0.6 is 67.8 Å². The zero-order chi connectivity index (χ0) is 17.1. The Morgan fingerprint density at radius 2 is 1.83 bits per heavy atom. The van der Waals surface area contributed by atoms with Gasteiger partial charge in [0, 0.05) is 7.14 Å². The SMILES string of the molecule is N[C@@H](Cc1cc(I)c(Oc2ccc([O-])c(I)c2)cc1I)C(=O)O.[Na+]. The van der Waals surface area contributed by atoms with Gasteiger partial charge in [-0.3, -0.25) is 4.79 Å². The van der Waals surface area contributed by atoms with E-state index in [4.69, 9.17) is 15.6 Å². The van der Waals surface area contributed by atoms with Gasteiger partial charge in [0.25, 0.3) is 0 Å². The van der Waals surface area contributed by atoms with E-state index in [1.54, 1.807) is 12.1 Å². The van der Waals surface area contributed by atoms with Crippen LogP contribution in [0.15, 0.2) is 30.3 Å². The Morgan fingerprint density at radius 3 is 2.42 bits per heavy atom. The second-order valence-electron chi connectivity index (χ2n) is 4.72. The standard InChI is InChI=1S/C15H12I3NO4.Na/c16-9-6-14(23-8-1-2-13(20)10(17)5-8)11(18)3-7(9)4-12(19)15(21)22;/h1-3,5-6,12,20H,4,19H2,(H,21,22);/q;+1/p-1/t12-;/m0./s1. The Kier molecular flexibility index (Phi) is 9.57. The molecule has 0 aliphatic rings. The van der Waals surface area contributed by atoms with Gasteiger partial charge in [0.05, 0.1) is 3.57 Å². The van der Waals surface area contributed by atoms with Gasteiger partial charge < -0.3 is 20.7 Å². The molecular formula is C15H11I3NNaO4. The molecule has 0 radical (unpaired) electrons. The van der Waals surface area contributed by atoms with Gasteiger partial charge in [0.1, 0.15) is 17.5 Å². The second kappa shape index (κ2) is 10.1. The maximum Gasteiger partial charge on any atom is 1.00 e. The van der Waals surface area contributed by atoms with Gasteiger partial charge in [-0.2, -0.15) is 0 Å². The Hall–Kier alpha value is 0.660. The number of rotatable bonds is 5. The van der Waals surface area contributed by atoms with E-state index in [1.165, 1.54) is 6.07 Å². The predicted octanol–water partition coefficient (Wildman–Crippen LogP) is 0.325. The minimum atomic E-state index is -1.02. The van der Waals surface area contributed by atoms with Crippen molar-refractivity contribution in [1.82, 2.24) is 0 Å². The minimum absolute atomic E-state index is 0. The maximum atomic E-state index is 11.4. The van der Waals surface area contributed by atoms with E-state index in [9.17, 15) is 9.90 Å². The zero-order valence-electron chi connectivity index (χ0n) is 12.6. The summed E-state index contributed by atoms with van der Waals surface area (Å²) in [5.74, 6) is 0.165. The van der Waals surface area contributed by atoms with Crippen molar-refractivity contribution in [3.63, 3.8) is 0 Å². The second-order valence-corrected chi connectivity index (χ2v) is 8.20. The molecule has 1 atom stereocenters. The van der Waals surface area contributed by atoms with Crippen molar-refractivity contribution in [2.45, 2.75) is 12.5 Å². The first kappa shape index (κ1) is 22.7. The number of carboxylic acids is 1. The number of hydrogen-bond acceptors (Lipinski definition) is 4. The molecule has 0 aliphatic carbocycles. The number of nitrogens with two attached hydrogens (primary N) is 1. The van der Waals surface area contributed by atoms with Gasteiger partial charge in [0.2, 0.25) is 0 Å². The molecule has 0 aliphatic heterocycles. The summed E-state index contributed by atoms with van der Waals surface area (Å²) in [6.45, 7) is 0. The van der Waals surface area contributed by atoms with Gasteiger partial charge in [0.15, 0.2) is 0 Å². The number of halogens is 3. The van der Waals surface area contributed by atoms with Crippen molar-refractivity contribution in [3.8, 4) is 17.2 Å². The van der Waals surface area contributed by atoms with Gasteiger partial charge in [-0.25, -0.2) is 0 Å². The smallest absolute Gasteiger partial charge is 0.872 e. The Labute approximate surface area is 202 Å². The fourth-order valence-corrected chi connectivity index (χ4v) is 3.59. The van der Waals surface area contributed by atoms with Crippen LogP contribution in [0.1, 0.15) is 5.56 Å². The largest absolute Gasteiger partial charge is 1.00 e. The van der Waals surface area contributed by atoms with E-state index in [2.05, 4.69) is 45.2 Å². The summed E-state index contributed by atoms with van der Waals surface area (Å²) in [5, 5.41) is 20.3. The first-order valence-electron chi connectivity index (χ1n) is 6.38. The molecule has 122 valence electrons. The molecule has 0 aromatic heterocycles. The fraction of sp³-hybridized carbons (Fsp3) is 0.133. The van der Waals surface area contributed by atoms with Gasteiger partial charge in [-0.15, -0.1) is 0 Å². The van der Waals surface area contributed by atoms with Crippen molar-refractivity contribution in [1.29, 1.82) is 0 Å². The topological polar surface area (TPSA) is 95.6 Å². The number of benzene rings is 2. The molecule has 0 saturated carbocycles. The molecular weight excluding hydrogens is 662 g/mol. The molecule has 3 N–H and O–H groups in total. The van der Waals surface area contributed by atoms with Crippen LogP contribution in [0.3, 0.4) is 0 Å². The minimum Gasteiger partial charge on any atom is -0.872 e. The van der Waals surface area contributed by atoms with Crippen LogP contribution in [-0.2, 0) is 11.2 Å². The van der Waals surface area contributed by atoms with Gasteiger partial charge in [-0.1, -0.05) is 11.8 Å². The number of ether oxygens (including phenoxy) is 1. The van der Waals surface area contributed by atoms with Crippen molar-refractivity contribution in [2.24, 2.45) is 5.73 Å². The third kappa shape index (κ3) is 6.13. The van der Waals surface area contributed by atoms with Crippen molar-refractivity contribution < 1.29 is 49.3 Å². The van der Waals surface area contributed by atoms with E-state index in [1.807, 2.05) is 34.7 Å². The van der Waals surface area contributed by atoms with Crippen LogP contribution in [0.5, 0.6) is 17.2 Å². The fourth-order valence-electron chi connectivity index (χ4n) is 1.80.